The van der Waals surface area contributed by atoms with E-state index >= 15 is 0 Å². The molecule has 0 saturated carbocycles. The molecule has 15 nitrogen and oxygen atoms in total. The summed E-state index contributed by atoms with van der Waals surface area (Å²) in [7, 11) is 0. The van der Waals surface area contributed by atoms with Crippen LogP contribution in [0.25, 0.3) is 0 Å². The van der Waals surface area contributed by atoms with Crippen LogP contribution in [0.4, 0.5) is 5.69 Å². The van der Waals surface area contributed by atoms with Gasteiger partial charge in [0, 0.05) is 23.6 Å². The number of anilines is 1. The molecular formula is C42H42ClNO14. The van der Waals surface area contributed by atoms with E-state index in [9.17, 15) is 34.8 Å². The zero-order valence-electron chi connectivity index (χ0n) is 31.0. The fourth-order valence-electron chi connectivity index (χ4n) is 6.85. The molecule has 7 rings (SSSR count). The Labute approximate surface area is 337 Å². The van der Waals surface area contributed by atoms with Crippen molar-refractivity contribution in [2.75, 3.05) is 18.5 Å². The lowest BCUT2D eigenvalue weighted by Crippen LogP contribution is -2.66. The summed E-state index contributed by atoms with van der Waals surface area (Å²) < 4.78 is 41.4. The number of ketones is 1. The number of fused-ring (bicyclic) bond motifs is 1. The highest BCUT2D eigenvalue weighted by molar-refractivity contribution is 6.33. The van der Waals surface area contributed by atoms with Crippen molar-refractivity contribution in [3.63, 3.8) is 0 Å². The van der Waals surface area contributed by atoms with Crippen LogP contribution in [0, 0.1) is 0 Å². The molecule has 3 saturated heterocycles. The zero-order valence-corrected chi connectivity index (χ0v) is 31.8. The summed E-state index contributed by atoms with van der Waals surface area (Å²) in [6.07, 6.45) is -15.4. The van der Waals surface area contributed by atoms with Crippen molar-refractivity contribution in [3.8, 4) is 0 Å². The van der Waals surface area contributed by atoms with E-state index < -0.39 is 80.3 Å². The fourth-order valence-corrected chi connectivity index (χ4v) is 7.02. The third-order valence-corrected chi connectivity index (χ3v) is 10.2. The second kappa shape index (κ2) is 18.5. The Hall–Kier alpha value is -4.62. The Kier molecular flexibility index (Phi) is 13.3. The van der Waals surface area contributed by atoms with Gasteiger partial charge in [-0.15, -0.1) is 0 Å². The van der Waals surface area contributed by atoms with Crippen LogP contribution in [-0.4, -0.2) is 113 Å². The minimum Gasteiger partial charge on any atom is -0.459 e. The summed E-state index contributed by atoms with van der Waals surface area (Å²) in [4.78, 5) is 37.8. The van der Waals surface area contributed by atoms with Gasteiger partial charge in [0.05, 0.1) is 29.5 Å². The van der Waals surface area contributed by atoms with Gasteiger partial charge in [0.15, 0.2) is 24.7 Å². The summed E-state index contributed by atoms with van der Waals surface area (Å²) in [5.41, 5.74) is 2.50. The molecule has 306 valence electrons. The summed E-state index contributed by atoms with van der Waals surface area (Å²) in [6.45, 7) is 0.568. The number of hydrogen-bond donors (Lipinski definition) is 5. The van der Waals surface area contributed by atoms with Gasteiger partial charge in [-0.3, -0.25) is 9.59 Å². The van der Waals surface area contributed by atoms with E-state index in [1.165, 1.54) is 31.2 Å². The van der Waals surface area contributed by atoms with E-state index in [2.05, 4.69) is 5.32 Å². The molecule has 0 bridgehead atoms. The molecule has 58 heavy (non-hydrogen) atoms. The van der Waals surface area contributed by atoms with Crippen LogP contribution in [-0.2, 0) is 44.6 Å². The number of hydrogen-bond acceptors (Lipinski definition) is 14. The van der Waals surface area contributed by atoms with Gasteiger partial charge in [-0.1, -0.05) is 90.5 Å². The molecule has 1 amide bonds. The Morgan fingerprint density at radius 1 is 0.759 bits per heavy atom. The number of carbonyl (C=O) groups is 3. The maximum absolute atomic E-state index is 13.3. The summed E-state index contributed by atoms with van der Waals surface area (Å²) in [5, 5.41) is 47.9. The van der Waals surface area contributed by atoms with Crippen molar-refractivity contribution in [3.05, 3.63) is 136 Å². The number of halogens is 1. The highest BCUT2D eigenvalue weighted by atomic mass is 35.5. The van der Waals surface area contributed by atoms with Crippen molar-refractivity contribution >= 4 is 34.9 Å². The van der Waals surface area contributed by atoms with Crippen LogP contribution in [0.5, 0.6) is 0 Å². The van der Waals surface area contributed by atoms with Crippen LogP contribution in [0.3, 0.4) is 0 Å². The van der Waals surface area contributed by atoms with Crippen molar-refractivity contribution in [2.24, 2.45) is 0 Å². The Bertz CT molecular complexity index is 2040. The third kappa shape index (κ3) is 9.47. The largest absolute Gasteiger partial charge is 0.459 e. The normalized spacial score (nSPS) is 29.5. The molecule has 5 N–H and O–H groups in total. The number of aliphatic hydroxyl groups is 4. The Morgan fingerprint density at radius 2 is 1.41 bits per heavy atom. The highest BCUT2D eigenvalue weighted by Crippen LogP contribution is 2.36. The van der Waals surface area contributed by atoms with E-state index in [0.717, 1.165) is 0 Å². The molecule has 0 spiro atoms. The number of carbonyl (C=O) groups excluding carboxylic acids is 3. The minimum absolute atomic E-state index is 0.0404. The molecular weight excluding hydrogens is 778 g/mol. The molecule has 4 aromatic carbocycles. The first-order chi connectivity index (χ1) is 28.0. The van der Waals surface area contributed by atoms with Gasteiger partial charge < -0.3 is 58.9 Å². The number of ether oxygens (including phenoxy) is 7. The van der Waals surface area contributed by atoms with Gasteiger partial charge in [-0.05, 0) is 29.8 Å². The number of rotatable bonds is 12. The Morgan fingerprint density at radius 3 is 2.12 bits per heavy atom. The third-order valence-electron chi connectivity index (χ3n) is 9.89. The molecule has 1 unspecified atom stereocenters. The van der Waals surface area contributed by atoms with E-state index in [1.54, 1.807) is 60.7 Å². The van der Waals surface area contributed by atoms with Crippen LogP contribution in [0.15, 0.2) is 103 Å². The van der Waals surface area contributed by atoms with Gasteiger partial charge in [-0.2, -0.15) is 0 Å². The monoisotopic (exact) mass is 819 g/mol. The van der Waals surface area contributed by atoms with Crippen LogP contribution in [0.2, 0.25) is 5.02 Å². The number of amides is 1. The summed E-state index contributed by atoms with van der Waals surface area (Å²) in [5.74, 6) is -1.38. The lowest BCUT2D eigenvalue weighted by Gasteiger charge is -2.48. The highest BCUT2D eigenvalue weighted by Gasteiger charge is 2.53. The van der Waals surface area contributed by atoms with Crippen LogP contribution < -0.4 is 5.32 Å². The second-order valence-corrected chi connectivity index (χ2v) is 14.4. The fraction of sp³-hybridized carbons (Fsp3) is 0.357. The molecule has 0 aromatic heterocycles. The van der Waals surface area contributed by atoms with E-state index in [0.29, 0.717) is 27.9 Å². The topological polar surface area (TPSA) is 209 Å². The number of esters is 1. The number of aliphatic hydroxyl groups excluding tert-OH is 4. The molecule has 0 radical (unpaired) electrons. The van der Waals surface area contributed by atoms with Crippen molar-refractivity contribution in [1.29, 1.82) is 0 Å². The lowest BCUT2D eigenvalue weighted by molar-refractivity contribution is -0.386. The maximum Gasteiger partial charge on any atom is 0.338 e. The number of nitrogens with one attached hydrogen (secondary N) is 1. The van der Waals surface area contributed by atoms with E-state index in [1.807, 2.05) is 18.2 Å². The molecule has 16 heteroatoms. The maximum atomic E-state index is 13.3. The first-order valence-electron chi connectivity index (χ1n) is 18.5. The molecule has 0 aliphatic carbocycles. The Balaban J connectivity index is 1.06. The van der Waals surface area contributed by atoms with Crippen molar-refractivity contribution < 1.29 is 68.0 Å². The number of benzene rings is 4. The van der Waals surface area contributed by atoms with Crippen LogP contribution >= 0.6 is 11.6 Å². The van der Waals surface area contributed by atoms with Gasteiger partial charge in [0.2, 0.25) is 5.91 Å². The first-order valence-corrected chi connectivity index (χ1v) is 18.9. The van der Waals surface area contributed by atoms with Gasteiger partial charge in [-0.25, -0.2) is 4.79 Å². The average Bonchev–Trinajstić information content (AvgIpc) is 3.24. The van der Waals surface area contributed by atoms with Crippen molar-refractivity contribution in [2.45, 2.75) is 81.2 Å². The summed E-state index contributed by atoms with van der Waals surface area (Å²) >= 11 is 6.21. The van der Waals surface area contributed by atoms with Gasteiger partial charge in [0.1, 0.15) is 55.4 Å². The van der Waals surface area contributed by atoms with E-state index in [-0.39, 0.29) is 35.5 Å². The molecule has 3 heterocycles. The van der Waals surface area contributed by atoms with E-state index in [4.69, 9.17) is 44.8 Å². The predicted octanol–water partition coefficient (Wildman–Crippen LogP) is 3.30. The molecule has 4 aromatic rings. The van der Waals surface area contributed by atoms with Crippen molar-refractivity contribution in [1.82, 2.24) is 0 Å². The van der Waals surface area contributed by atoms with Gasteiger partial charge >= 0.3 is 5.97 Å². The quantitative estimate of drug-likeness (QED) is 0.103. The summed E-state index contributed by atoms with van der Waals surface area (Å²) in [6, 6.07) is 28.3. The molecule has 11 atom stereocenters. The lowest BCUT2D eigenvalue weighted by atomic mass is 9.96. The predicted molar refractivity (Wildman–Crippen MR) is 203 cm³/mol. The first kappa shape index (κ1) is 41.5. The van der Waals surface area contributed by atoms with Crippen LogP contribution in [0.1, 0.15) is 50.6 Å². The minimum atomic E-state index is -1.77. The SMILES string of the molecule is CC(=O)Nc1cc(CO[C@@H]2O[C@H](COC(=O)c3ccc(C(=O)c4ccccc4)cc3)[C@@H](O[C@H]3O[C@@H]4COC(c5ccccc5)O[C@H]4[C@H](O)[C@H]3O)[C@H](O)[C@H]2O)ccc1Cl. The molecule has 3 aliphatic rings. The standard InChI is InChI=1S/C42H42ClNO14/c1-22(45)44-29-18-23(12-17-28(29)43)19-53-41-35(49)33(47)38(58-42-36(50)34(48)37-31(56-42)21-54-40(57-37)27-10-6-3-7-11-27)30(55-41)20-52-39(51)26-15-13-25(14-16-26)32(46)24-8-4-2-5-9-24/h2-18,30-31,33-38,40-42,47-50H,19-21H2,1H3,(H,44,45)/t30-,31-,33-,34-,35-,36-,37-,38-,40?,41-,42-/m1/s1. The second-order valence-electron chi connectivity index (χ2n) is 14.0. The smallest absolute Gasteiger partial charge is 0.338 e. The molecule has 3 aliphatic heterocycles. The zero-order chi connectivity index (χ0) is 40.9. The van der Waals surface area contributed by atoms with Gasteiger partial charge in [0.25, 0.3) is 0 Å². The average molecular weight is 820 g/mol. The molecule has 3 fully saturated rings.